The second-order valence-electron chi connectivity index (χ2n) is 6.52. The molecule has 0 saturated carbocycles. The molecule has 1 N–H and O–H groups in total. The number of amides is 2. The number of likely N-dealkylation sites (tertiary alicyclic amines) is 2. The molecule has 0 aromatic heterocycles. The maximum atomic E-state index is 12.1. The summed E-state index contributed by atoms with van der Waals surface area (Å²) in [6.07, 6.45) is 1.05. The van der Waals surface area contributed by atoms with Crippen molar-refractivity contribution < 1.29 is 14.7 Å². The number of carboxylic acid groups (broad SMARTS) is 1. The van der Waals surface area contributed by atoms with Crippen LogP contribution >= 0.6 is 0 Å². The van der Waals surface area contributed by atoms with Crippen LogP contribution in [0.5, 0.6) is 0 Å². The fraction of sp³-hybridized carbons (Fsp3) is 0.846. The van der Waals surface area contributed by atoms with Crippen LogP contribution in [-0.2, 0) is 4.79 Å². The van der Waals surface area contributed by atoms with Gasteiger partial charge in [0, 0.05) is 26.2 Å². The molecule has 1 atom stereocenters. The molecule has 18 heavy (non-hydrogen) atoms. The first-order chi connectivity index (χ1) is 8.29. The standard InChI is InChI=1S/C13H22N2O3/c1-13(2,3)10-4-5-14(8-10)12(18)15-6-9(7-15)11(16)17/h9-10H,4-8H2,1-3H3,(H,16,17). The van der Waals surface area contributed by atoms with E-state index >= 15 is 0 Å². The summed E-state index contributed by atoms with van der Waals surface area (Å²) in [7, 11) is 0. The van der Waals surface area contributed by atoms with Crippen LogP contribution < -0.4 is 0 Å². The average Bonchev–Trinajstić information content (AvgIpc) is 2.61. The number of rotatable bonds is 1. The molecule has 2 aliphatic heterocycles. The lowest BCUT2D eigenvalue weighted by Crippen LogP contribution is -2.56. The topological polar surface area (TPSA) is 60.9 Å². The van der Waals surface area contributed by atoms with Gasteiger partial charge >= 0.3 is 12.0 Å². The van der Waals surface area contributed by atoms with E-state index in [1.165, 1.54) is 0 Å². The molecule has 0 bridgehead atoms. The fourth-order valence-electron chi connectivity index (χ4n) is 2.63. The Morgan fingerprint density at radius 1 is 1.11 bits per heavy atom. The zero-order valence-corrected chi connectivity index (χ0v) is 11.3. The number of aliphatic carboxylic acids is 1. The van der Waals surface area contributed by atoms with Gasteiger partial charge in [0.25, 0.3) is 0 Å². The van der Waals surface area contributed by atoms with Gasteiger partial charge < -0.3 is 14.9 Å². The van der Waals surface area contributed by atoms with Crippen LogP contribution in [0.3, 0.4) is 0 Å². The lowest BCUT2D eigenvalue weighted by molar-refractivity contribution is -0.146. The normalized spacial score (nSPS) is 25.2. The van der Waals surface area contributed by atoms with Crippen molar-refractivity contribution in [3.05, 3.63) is 0 Å². The number of carbonyl (C=O) groups excluding carboxylic acids is 1. The van der Waals surface area contributed by atoms with Crippen molar-refractivity contribution in [2.24, 2.45) is 17.3 Å². The van der Waals surface area contributed by atoms with Crippen LogP contribution in [0.25, 0.3) is 0 Å². The lowest BCUT2D eigenvalue weighted by atomic mass is 9.80. The molecule has 5 heteroatoms. The van der Waals surface area contributed by atoms with Gasteiger partial charge in [-0.05, 0) is 17.8 Å². The predicted molar refractivity (Wildman–Crippen MR) is 67.2 cm³/mol. The first-order valence-electron chi connectivity index (χ1n) is 6.55. The molecule has 0 radical (unpaired) electrons. The quantitative estimate of drug-likeness (QED) is 0.771. The number of hydrogen-bond donors (Lipinski definition) is 1. The highest BCUT2D eigenvalue weighted by Gasteiger charge is 2.40. The Bertz CT molecular complexity index is 356. The summed E-state index contributed by atoms with van der Waals surface area (Å²) in [5, 5.41) is 8.80. The molecule has 1 unspecified atom stereocenters. The van der Waals surface area contributed by atoms with E-state index in [1.54, 1.807) is 4.90 Å². The minimum atomic E-state index is -0.798. The molecular weight excluding hydrogens is 232 g/mol. The van der Waals surface area contributed by atoms with Gasteiger partial charge in [-0.3, -0.25) is 4.79 Å². The van der Waals surface area contributed by atoms with E-state index in [1.807, 2.05) is 4.90 Å². The van der Waals surface area contributed by atoms with Crippen molar-refractivity contribution in [3.8, 4) is 0 Å². The highest BCUT2D eigenvalue weighted by molar-refractivity contribution is 5.80. The van der Waals surface area contributed by atoms with Gasteiger partial charge in [-0.25, -0.2) is 4.79 Å². The largest absolute Gasteiger partial charge is 0.481 e. The average molecular weight is 254 g/mol. The van der Waals surface area contributed by atoms with E-state index in [4.69, 9.17) is 5.11 Å². The van der Waals surface area contributed by atoms with Gasteiger partial charge in [-0.2, -0.15) is 0 Å². The SMILES string of the molecule is CC(C)(C)C1CCN(C(=O)N2CC(C(=O)O)C2)C1. The molecule has 102 valence electrons. The smallest absolute Gasteiger partial charge is 0.320 e. The molecule has 2 heterocycles. The van der Waals surface area contributed by atoms with E-state index in [-0.39, 0.29) is 17.4 Å². The molecule has 2 amide bonds. The summed E-state index contributed by atoms with van der Waals surface area (Å²) in [6.45, 7) is 8.95. The van der Waals surface area contributed by atoms with Gasteiger partial charge in [-0.15, -0.1) is 0 Å². The molecule has 0 aromatic carbocycles. The van der Waals surface area contributed by atoms with E-state index in [2.05, 4.69) is 20.8 Å². The van der Waals surface area contributed by atoms with Crippen LogP contribution in [0.15, 0.2) is 0 Å². The van der Waals surface area contributed by atoms with Crippen LogP contribution in [-0.4, -0.2) is 53.1 Å². The number of nitrogens with zero attached hydrogens (tertiary/aromatic N) is 2. The van der Waals surface area contributed by atoms with Crippen LogP contribution in [0, 0.1) is 17.3 Å². The maximum Gasteiger partial charge on any atom is 0.320 e. The molecule has 5 nitrogen and oxygen atoms in total. The van der Waals surface area contributed by atoms with Crippen molar-refractivity contribution in [2.75, 3.05) is 26.2 Å². The zero-order valence-electron chi connectivity index (χ0n) is 11.3. The molecule has 0 aliphatic carbocycles. The van der Waals surface area contributed by atoms with Crippen molar-refractivity contribution >= 4 is 12.0 Å². The fourth-order valence-corrected chi connectivity index (χ4v) is 2.63. The van der Waals surface area contributed by atoms with E-state index < -0.39 is 5.97 Å². The Hall–Kier alpha value is -1.26. The van der Waals surface area contributed by atoms with Gasteiger partial charge in [-0.1, -0.05) is 20.8 Å². The van der Waals surface area contributed by atoms with Crippen molar-refractivity contribution in [1.82, 2.24) is 9.80 Å². The van der Waals surface area contributed by atoms with Crippen LogP contribution in [0.4, 0.5) is 4.79 Å². The third-order valence-corrected chi connectivity index (χ3v) is 4.18. The number of hydrogen-bond acceptors (Lipinski definition) is 2. The Morgan fingerprint density at radius 2 is 1.72 bits per heavy atom. The Labute approximate surface area is 108 Å². The summed E-state index contributed by atoms with van der Waals surface area (Å²) in [5.74, 6) is -0.624. The first-order valence-corrected chi connectivity index (χ1v) is 6.55. The van der Waals surface area contributed by atoms with Crippen molar-refractivity contribution in [2.45, 2.75) is 27.2 Å². The Morgan fingerprint density at radius 3 is 2.17 bits per heavy atom. The number of carboxylic acids is 1. The third kappa shape index (κ3) is 2.44. The van der Waals surface area contributed by atoms with E-state index in [0.717, 1.165) is 19.5 Å². The summed E-state index contributed by atoms with van der Waals surface area (Å²) < 4.78 is 0. The Balaban J connectivity index is 1.84. The summed E-state index contributed by atoms with van der Waals surface area (Å²) in [6, 6.07) is 0.0132. The second kappa shape index (κ2) is 4.44. The molecule has 2 rings (SSSR count). The van der Waals surface area contributed by atoms with Crippen LogP contribution in [0.1, 0.15) is 27.2 Å². The van der Waals surface area contributed by atoms with Crippen molar-refractivity contribution in [3.63, 3.8) is 0 Å². The molecule has 2 saturated heterocycles. The predicted octanol–water partition coefficient (Wildman–Crippen LogP) is 1.49. The second-order valence-corrected chi connectivity index (χ2v) is 6.52. The van der Waals surface area contributed by atoms with E-state index in [9.17, 15) is 9.59 Å². The first kappa shape index (κ1) is 13.2. The van der Waals surface area contributed by atoms with Gasteiger partial charge in [0.1, 0.15) is 0 Å². The van der Waals surface area contributed by atoms with Crippen LogP contribution in [0.2, 0.25) is 0 Å². The summed E-state index contributed by atoms with van der Waals surface area (Å²) in [4.78, 5) is 26.3. The molecule has 2 aliphatic rings. The monoisotopic (exact) mass is 254 g/mol. The minimum absolute atomic E-state index is 0.0132. The zero-order chi connectivity index (χ0) is 13.5. The van der Waals surface area contributed by atoms with Gasteiger partial charge in [0.2, 0.25) is 0 Å². The molecular formula is C13H22N2O3. The van der Waals surface area contributed by atoms with Gasteiger partial charge in [0.15, 0.2) is 0 Å². The summed E-state index contributed by atoms with van der Waals surface area (Å²) in [5.41, 5.74) is 0.230. The number of urea groups is 1. The van der Waals surface area contributed by atoms with E-state index in [0.29, 0.717) is 19.0 Å². The van der Waals surface area contributed by atoms with Gasteiger partial charge in [0.05, 0.1) is 5.92 Å². The highest BCUT2D eigenvalue weighted by atomic mass is 16.4. The molecule has 2 fully saturated rings. The lowest BCUT2D eigenvalue weighted by Gasteiger charge is -2.39. The molecule has 0 aromatic rings. The minimum Gasteiger partial charge on any atom is -0.481 e. The summed E-state index contributed by atoms with van der Waals surface area (Å²) >= 11 is 0. The molecule has 0 spiro atoms. The maximum absolute atomic E-state index is 12.1. The third-order valence-electron chi connectivity index (χ3n) is 4.18. The Kier molecular flexibility index (Phi) is 3.25. The van der Waals surface area contributed by atoms with Crippen molar-refractivity contribution in [1.29, 1.82) is 0 Å². The highest BCUT2D eigenvalue weighted by Crippen LogP contribution is 2.34. The number of carbonyl (C=O) groups is 2.